The molecule has 3 aromatic rings. The van der Waals surface area contributed by atoms with Gasteiger partial charge in [-0.3, -0.25) is 25.0 Å². The third-order valence-electron chi connectivity index (χ3n) is 5.60. The lowest BCUT2D eigenvalue weighted by Crippen LogP contribution is -2.37. The van der Waals surface area contributed by atoms with Gasteiger partial charge in [0, 0.05) is 42.9 Å². The molecule has 0 radical (unpaired) electrons. The SMILES string of the molecule is CC(C)CN(CC(C)C)C(=O)c1ccc2nc(NC(=O)c3ccc([N+](=O)[O-])cc3)n(CCCN)c2c1. The van der Waals surface area contributed by atoms with Gasteiger partial charge in [-0.05, 0) is 55.1 Å². The molecule has 0 aliphatic rings. The van der Waals surface area contributed by atoms with Gasteiger partial charge in [0.25, 0.3) is 17.5 Å². The van der Waals surface area contributed by atoms with Crippen molar-refractivity contribution in [3.63, 3.8) is 0 Å². The second kappa shape index (κ2) is 11.8. The van der Waals surface area contributed by atoms with E-state index in [2.05, 4.69) is 38.0 Å². The van der Waals surface area contributed by atoms with Crippen molar-refractivity contribution in [3.8, 4) is 0 Å². The summed E-state index contributed by atoms with van der Waals surface area (Å²) < 4.78 is 1.84. The number of non-ortho nitro benzene ring substituents is 1. The maximum atomic E-state index is 13.4. The Morgan fingerprint density at radius 3 is 2.22 bits per heavy atom. The number of rotatable bonds is 11. The van der Waals surface area contributed by atoms with Crippen LogP contribution in [0.2, 0.25) is 0 Å². The van der Waals surface area contributed by atoms with Crippen molar-refractivity contribution in [2.75, 3.05) is 25.0 Å². The number of benzene rings is 2. The molecule has 192 valence electrons. The standard InChI is InChI=1S/C26H34N6O4/c1-17(2)15-30(16-18(3)4)25(34)20-8-11-22-23(14-20)31(13-5-12-27)26(28-22)29-24(33)19-6-9-21(10-7-19)32(35)36/h6-11,14,17-18H,5,12-13,15-16,27H2,1-4H3,(H,28,29,33). The summed E-state index contributed by atoms with van der Waals surface area (Å²) in [6.07, 6.45) is 0.650. The summed E-state index contributed by atoms with van der Waals surface area (Å²) in [5.41, 5.74) is 7.85. The van der Waals surface area contributed by atoms with E-state index in [1.54, 1.807) is 12.1 Å². The van der Waals surface area contributed by atoms with E-state index < -0.39 is 10.8 Å². The number of nitrogens with zero attached hydrogens (tertiary/aromatic N) is 4. The average molecular weight is 495 g/mol. The van der Waals surface area contributed by atoms with Crippen LogP contribution < -0.4 is 11.1 Å². The van der Waals surface area contributed by atoms with Crippen LogP contribution in [0.15, 0.2) is 42.5 Å². The number of hydrogen-bond donors (Lipinski definition) is 2. The number of nitro benzene ring substituents is 1. The third-order valence-corrected chi connectivity index (χ3v) is 5.60. The fraction of sp³-hybridized carbons (Fsp3) is 0.423. The topological polar surface area (TPSA) is 136 Å². The second-order valence-corrected chi connectivity index (χ2v) is 9.69. The maximum absolute atomic E-state index is 13.4. The normalized spacial score (nSPS) is 11.3. The molecule has 3 N–H and O–H groups in total. The molecule has 0 aliphatic heterocycles. The van der Waals surface area contributed by atoms with Crippen molar-refractivity contribution in [2.24, 2.45) is 17.6 Å². The summed E-state index contributed by atoms with van der Waals surface area (Å²) in [6, 6.07) is 10.7. The van der Waals surface area contributed by atoms with E-state index in [4.69, 9.17) is 5.73 Å². The minimum atomic E-state index is -0.518. The van der Waals surface area contributed by atoms with Gasteiger partial charge in [0.2, 0.25) is 5.95 Å². The Morgan fingerprint density at radius 2 is 1.67 bits per heavy atom. The zero-order valence-corrected chi connectivity index (χ0v) is 21.2. The van der Waals surface area contributed by atoms with Crippen LogP contribution in [0.3, 0.4) is 0 Å². The van der Waals surface area contributed by atoms with Gasteiger partial charge in [-0.2, -0.15) is 0 Å². The smallest absolute Gasteiger partial charge is 0.269 e. The highest BCUT2D eigenvalue weighted by Crippen LogP contribution is 2.24. The van der Waals surface area contributed by atoms with Gasteiger partial charge in [0.15, 0.2) is 0 Å². The molecule has 0 bridgehead atoms. The molecule has 2 aromatic carbocycles. The minimum absolute atomic E-state index is 0.0395. The number of aromatic nitrogens is 2. The summed E-state index contributed by atoms with van der Waals surface area (Å²) in [4.78, 5) is 43.1. The van der Waals surface area contributed by atoms with Crippen LogP contribution in [0, 0.1) is 22.0 Å². The summed E-state index contributed by atoms with van der Waals surface area (Å²) >= 11 is 0. The number of anilines is 1. The van der Waals surface area contributed by atoms with Gasteiger partial charge in [0.1, 0.15) is 0 Å². The van der Waals surface area contributed by atoms with Crippen LogP contribution in [0.25, 0.3) is 11.0 Å². The van der Waals surface area contributed by atoms with Crippen molar-refractivity contribution in [1.29, 1.82) is 0 Å². The number of nitrogens with two attached hydrogens (primary N) is 1. The molecule has 0 aliphatic carbocycles. The Labute approximate surface area is 210 Å². The minimum Gasteiger partial charge on any atom is -0.338 e. The molecule has 1 aromatic heterocycles. The van der Waals surface area contributed by atoms with E-state index in [0.29, 0.717) is 61.5 Å². The van der Waals surface area contributed by atoms with Crippen molar-refractivity contribution >= 4 is 34.5 Å². The van der Waals surface area contributed by atoms with Crippen molar-refractivity contribution in [1.82, 2.24) is 14.5 Å². The Balaban J connectivity index is 1.95. The molecule has 2 amide bonds. The van der Waals surface area contributed by atoms with E-state index in [0.717, 1.165) is 5.52 Å². The zero-order valence-electron chi connectivity index (χ0n) is 21.2. The molecule has 10 nitrogen and oxygen atoms in total. The number of nitro groups is 1. The van der Waals surface area contributed by atoms with Crippen LogP contribution >= 0.6 is 0 Å². The quantitative estimate of drug-likeness (QED) is 0.301. The summed E-state index contributed by atoms with van der Waals surface area (Å²) in [7, 11) is 0. The number of carbonyl (C=O) groups excluding carboxylic acids is 2. The van der Waals surface area contributed by atoms with E-state index in [1.165, 1.54) is 24.3 Å². The van der Waals surface area contributed by atoms with Crippen LogP contribution in [0.4, 0.5) is 11.6 Å². The molecule has 10 heteroatoms. The van der Waals surface area contributed by atoms with Crippen molar-refractivity contribution in [3.05, 3.63) is 63.7 Å². The Hall–Kier alpha value is -3.79. The zero-order chi connectivity index (χ0) is 26.4. The summed E-state index contributed by atoms with van der Waals surface area (Å²) in [5, 5.41) is 13.7. The maximum Gasteiger partial charge on any atom is 0.269 e. The molecule has 1 heterocycles. The van der Waals surface area contributed by atoms with Gasteiger partial charge in [-0.25, -0.2) is 4.98 Å². The molecule has 0 unspecified atom stereocenters. The van der Waals surface area contributed by atoms with E-state index in [-0.39, 0.29) is 17.2 Å². The lowest BCUT2D eigenvalue weighted by Gasteiger charge is -2.26. The molecule has 0 spiro atoms. The monoisotopic (exact) mass is 494 g/mol. The predicted molar refractivity (Wildman–Crippen MR) is 140 cm³/mol. The Kier molecular flexibility index (Phi) is 8.76. The molecule has 0 saturated carbocycles. The first-order chi connectivity index (χ1) is 17.1. The predicted octanol–water partition coefficient (Wildman–Crippen LogP) is 4.30. The fourth-order valence-electron chi connectivity index (χ4n) is 4.04. The van der Waals surface area contributed by atoms with Gasteiger partial charge >= 0.3 is 0 Å². The van der Waals surface area contributed by atoms with E-state index in [1.807, 2.05) is 15.5 Å². The summed E-state index contributed by atoms with van der Waals surface area (Å²) in [6.45, 7) is 10.6. The number of aryl methyl sites for hydroxylation is 1. The summed E-state index contributed by atoms with van der Waals surface area (Å²) in [5.74, 6) is 0.529. The van der Waals surface area contributed by atoms with Crippen molar-refractivity contribution in [2.45, 2.75) is 40.7 Å². The highest BCUT2D eigenvalue weighted by molar-refractivity contribution is 6.04. The van der Waals surface area contributed by atoms with E-state index in [9.17, 15) is 19.7 Å². The first-order valence-corrected chi connectivity index (χ1v) is 12.2. The highest BCUT2D eigenvalue weighted by Gasteiger charge is 2.21. The number of carbonyl (C=O) groups is 2. The van der Waals surface area contributed by atoms with Crippen LogP contribution in [-0.4, -0.2) is 50.8 Å². The van der Waals surface area contributed by atoms with E-state index >= 15 is 0 Å². The van der Waals surface area contributed by atoms with Gasteiger partial charge in [-0.1, -0.05) is 27.7 Å². The number of amides is 2. The van der Waals surface area contributed by atoms with Gasteiger partial charge in [-0.15, -0.1) is 0 Å². The molecular weight excluding hydrogens is 460 g/mol. The second-order valence-electron chi connectivity index (χ2n) is 9.69. The van der Waals surface area contributed by atoms with Crippen LogP contribution in [0.1, 0.15) is 54.8 Å². The number of hydrogen-bond acceptors (Lipinski definition) is 6. The molecule has 36 heavy (non-hydrogen) atoms. The third kappa shape index (κ3) is 6.45. The van der Waals surface area contributed by atoms with Gasteiger partial charge < -0.3 is 15.2 Å². The van der Waals surface area contributed by atoms with Crippen LogP contribution in [0.5, 0.6) is 0 Å². The number of nitrogens with one attached hydrogen (secondary N) is 1. The Morgan fingerprint density at radius 1 is 1.06 bits per heavy atom. The van der Waals surface area contributed by atoms with Crippen LogP contribution in [-0.2, 0) is 6.54 Å². The first-order valence-electron chi connectivity index (χ1n) is 12.2. The molecule has 0 saturated heterocycles. The average Bonchev–Trinajstić information content (AvgIpc) is 3.17. The molecular formula is C26H34N6O4. The van der Waals surface area contributed by atoms with Crippen molar-refractivity contribution < 1.29 is 14.5 Å². The Bertz CT molecular complexity index is 1220. The number of fused-ring (bicyclic) bond motifs is 1. The molecule has 3 rings (SSSR count). The lowest BCUT2D eigenvalue weighted by molar-refractivity contribution is -0.384. The molecule has 0 atom stereocenters. The molecule has 0 fully saturated rings. The van der Waals surface area contributed by atoms with Gasteiger partial charge in [0.05, 0.1) is 16.0 Å². The lowest BCUT2D eigenvalue weighted by atomic mass is 10.1. The number of imidazole rings is 1. The highest BCUT2D eigenvalue weighted by atomic mass is 16.6. The fourth-order valence-corrected chi connectivity index (χ4v) is 4.04. The largest absolute Gasteiger partial charge is 0.338 e. The first kappa shape index (κ1) is 26.8.